The van der Waals surface area contributed by atoms with E-state index in [0.717, 1.165) is 29.1 Å². The number of carbonyl (C=O) groups excluding carboxylic acids is 1. The van der Waals surface area contributed by atoms with Gasteiger partial charge >= 0.3 is 6.18 Å². The van der Waals surface area contributed by atoms with Crippen molar-refractivity contribution in [3.8, 4) is 17.1 Å². The molecule has 10 heteroatoms. The number of benzene rings is 3. The van der Waals surface area contributed by atoms with Crippen molar-refractivity contribution >= 4 is 35.0 Å². The molecule has 0 saturated heterocycles. The number of nitrogens with zero attached hydrogens (tertiary/aromatic N) is 3. The van der Waals surface area contributed by atoms with Crippen molar-refractivity contribution in [3.63, 3.8) is 0 Å². The summed E-state index contributed by atoms with van der Waals surface area (Å²) in [6.07, 6.45) is -4.57. The van der Waals surface area contributed by atoms with Crippen LogP contribution in [0.4, 0.5) is 18.9 Å². The van der Waals surface area contributed by atoms with Gasteiger partial charge in [-0.1, -0.05) is 65.8 Å². The summed E-state index contributed by atoms with van der Waals surface area (Å²) in [5.41, 5.74) is 0.350. The number of anilines is 1. The number of thioether (sulfide) groups is 1. The minimum absolute atomic E-state index is 0.160. The first-order valence-corrected chi connectivity index (χ1v) is 11.0. The number of alkyl halides is 3. The highest BCUT2D eigenvalue weighted by atomic mass is 35.5. The van der Waals surface area contributed by atoms with E-state index in [1.807, 2.05) is 30.3 Å². The second-order valence-electron chi connectivity index (χ2n) is 6.86. The molecule has 0 atom stereocenters. The van der Waals surface area contributed by atoms with E-state index in [1.54, 1.807) is 28.8 Å². The molecule has 0 saturated carbocycles. The average molecular weight is 489 g/mol. The molecule has 33 heavy (non-hydrogen) atoms. The molecule has 1 N–H and O–H groups in total. The van der Waals surface area contributed by atoms with Crippen LogP contribution in [0.15, 0.2) is 84.0 Å². The predicted molar refractivity (Wildman–Crippen MR) is 123 cm³/mol. The monoisotopic (exact) mass is 488 g/mol. The Bertz CT molecular complexity index is 1260. The first-order valence-electron chi connectivity index (χ1n) is 9.68. The van der Waals surface area contributed by atoms with Gasteiger partial charge in [0.05, 0.1) is 17.0 Å². The zero-order valence-corrected chi connectivity index (χ0v) is 18.5. The number of hydrogen-bond donors (Lipinski definition) is 1. The molecular weight excluding hydrogens is 473 g/mol. The van der Waals surface area contributed by atoms with E-state index in [4.69, 9.17) is 11.6 Å². The molecular formula is C23H16ClF3N4OS. The van der Waals surface area contributed by atoms with Crippen LogP contribution in [-0.4, -0.2) is 26.4 Å². The fourth-order valence-electron chi connectivity index (χ4n) is 3.12. The van der Waals surface area contributed by atoms with E-state index >= 15 is 0 Å². The van der Waals surface area contributed by atoms with Crippen LogP contribution >= 0.6 is 23.4 Å². The molecule has 4 aromatic rings. The topological polar surface area (TPSA) is 59.8 Å². The molecule has 0 bridgehead atoms. The van der Waals surface area contributed by atoms with Crippen molar-refractivity contribution < 1.29 is 18.0 Å². The zero-order valence-electron chi connectivity index (χ0n) is 16.9. The van der Waals surface area contributed by atoms with Crippen molar-refractivity contribution in [2.75, 3.05) is 11.1 Å². The smallest absolute Gasteiger partial charge is 0.325 e. The standard InChI is InChI=1S/C23H16ClF3N4OS/c24-16-10-12-17(13-11-16)31-21(15-6-2-1-3-7-15)29-30-22(31)33-14-20(32)28-19-9-5-4-8-18(19)23(25,26)27/h1-13H,14H2,(H,28,32). The van der Waals surface area contributed by atoms with Gasteiger partial charge in [-0.25, -0.2) is 0 Å². The minimum atomic E-state index is -4.57. The largest absolute Gasteiger partial charge is 0.418 e. The molecule has 0 spiro atoms. The van der Waals surface area contributed by atoms with E-state index < -0.39 is 17.6 Å². The minimum Gasteiger partial charge on any atom is -0.325 e. The predicted octanol–water partition coefficient (Wildman–Crippen LogP) is 6.34. The summed E-state index contributed by atoms with van der Waals surface area (Å²) in [7, 11) is 0. The van der Waals surface area contributed by atoms with Crippen molar-refractivity contribution in [1.82, 2.24) is 14.8 Å². The maximum atomic E-state index is 13.2. The summed E-state index contributed by atoms with van der Waals surface area (Å²) in [4.78, 5) is 12.5. The fraction of sp³-hybridized carbons (Fsp3) is 0.0870. The quantitative estimate of drug-likeness (QED) is 0.322. The number of nitrogens with one attached hydrogen (secondary N) is 1. The Labute approximate surface area is 196 Å². The Balaban J connectivity index is 1.58. The summed E-state index contributed by atoms with van der Waals surface area (Å²) in [5.74, 6) is -0.195. The van der Waals surface area contributed by atoms with Crippen LogP contribution in [0, 0.1) is 0 Å². The summed E-state index contributed by atoms with van der Waals surface area (Å²) in [6, 6.07) is 21.3. The molecule has 0 radical (unpaired) electrons. The van der Waals surface area contributed by atoms with Crippen molar-refractivity contribution in [1.29, 1.82) is 0 Å². The highest BCUT2D eigenvalue weighted by Gasteiger charge is 2.33. The Kier molecular flexibility index (Phi) is 6.71. The molecule has 1 heterocycles. The number of rotatable bonds is 6. The average Bonchev–Trinajstić information content (AvgIpc) is 3.22. The molecule has 0 fully saturated rings. The van der Waals surface area contributed by atoms with Crippen LogP contribution in [0.2, 0.25) is 5.02 Å². The van der Waals surface area contributed by atoms with Gasteiger partial charge in [-0.15, -0.1) is 10.2 Å². The Hall–Kier alpha value is -3.30. The molecule has 3 aromatic carbocycles. The number of amides is 1. The highest BCUT2D eigenvalue weighted by Crippen LogP contribution is 2.35. The lowest BCUT2D eigenvalue weighted by Crippen LogP contribution is -2.18. The fourth-order valence-corrected chi connectivity index (χ4v) is 3.99. The van der Waals surface area contributed by atoms with Crippen LogP contribution in [0.1, 0.15) is 5.56 Å². The van der Waals surface area contributed by atoms with Gasteiger partial charge in [0.2, 0.25) is 5.91 Å². The van der Waals surface area contributed by atoms with Crippen molar-refractivity contribution in [3.05, 3.63) is 89.4 Å². The second-order valence-corrected chi connectivity index (χ2v) is 8.24. The van der Waals surface area contributed by atoms with Crippen LogP contribution in [0.5, 0.6) is 0 Å². The van der Waals surface area contributed by atoms with Crippen molar-refractivity contribution in [2.24, 2.45) is 0 Å². The molecule has 0 aliphatic carbocycles. The third-order valence-corrected chi connectivity index (χ3v) is 5.77. The first kappa shape index (κ1) is 22.9. The van der Waals surface area contributed by atoms with Gasteiger partial charge in [0, 0.05) is 16.3 Å². The Morgan fingerprint density at radius 2 is 1.61 bits per heavy atom. The van der Waals surface area contributed by atoms with Crippen LogP contribution < -0.4 is 5.32 Å². The maximum Gasteiger partial charge on any atom is 0.418 e. The Morgan fingerprint density at radius 1 is 0.939 bits per heavy atom. The van der Waals surface area contributed by atoms with E-state index in [0.29, 0.717) is 16.0 Å². The van der Waals surface area contributed by atoms with E-state index in [2.05, 4.69) is 15.5 Å². The Morgan fingerprint density at radius 3 is 2.30 bits per heavy atom. The maximum absolute atomic E-state index is 13.2. The van der Waals surface area contributed by atoms with Crippen LogP contribution in [0.3, 0.4) is 0 Å². The van der Waals surface area contributed by atoms with E-state index in [9.17, 15) is 18.0 Å². The number of carbonyl (C=O) groups is 1. The van der Waals surface area contributed by atoms with Gasteiger partial charge in [-0.05, 0) is 36.4 Å². The summed E-state index contributed by atoms with van der Waals surface area (Å²) in [6.45, 7) is 0. The number of aromatic nitrogens is 3. The molecule has 4 rings (SSSR count). The van der Waals surface area contributed by atoms with Crippen LogP contribution in [0.25, 0.3) is 17.1 Å². The summed E-state index contributed by atoms with van der Waals surface area (Å²) >= 11 is 7.08. The SMILES string of the molecule is O=C(CSc1nnc(-c2ccccc2)n1-c1ccc(Cl)cc1)Nc1ccccc1C(F)(F)F. The van der Waals surface area contributed by atoms with Gasteiger partial charge in [0.25, 0.3) is 0 Å². The van der Waals surface area contributed by atoms with Gasteiger partial charge in [0.1, 0.15) is 0 Å². The molecule has 5 nitrogen and oxygen atoms in total. The lowest BCUT2D eigenvalue weighted by molar-refractivity contribution is -0.137. The normalized spacial score (nSPS) is 11.4. The molecule has 1 amide bonds. The lowest BCUT2D eigenvalue weighted by atomic mass is 10.1. The number of halogens is 4. The third kappa shape index (κ3) is 5.37. The zero-order chi connectivity index (χ0) is 23.4. The molecule has 0 aliphatic rings. The lowest BCUT2D eigenvalue weighted by Gasteiger charge is -2.13. The second kappa shape index (κ2) is 9.68. The molecule has 0 unspecified atom stereocenters. The van der Waals surface area contributed by atoms with Gasteiger partial charge in [-0.2, -0.15) is 13.2 Å². The molecule has 0 aliphatic heterocycles. The first-order chi connectivity index (χ1) is 15.8. The summed E-state index contributed by atoms with van der Waals surface area (Å²) in [5, 5.41) is 11.8. The summed E-state index contributed by atoms with van der Waals surface area (Å²) < 4.78 is 41.4. The molecule has 168 valence electrons. The van der Waals surface area contributed by atoms with Crippen molar-refractivity contribution in [2.45, 2.75) is 11.3 Å². The van der Waals surface area contributed by atoms with Gasteiger partial charge in [-0.3, -0.25) is 9.36 Å². The van der Waals surface area contributed by atoms with Crippen LogP contribution in [-0.2, 0) is 11.0 Å². The van der Waals surface area contributed by atoms with Gasteiger partial charge < -0.3 is 5.32 Å². The third-order valence-electron chi connectivity index (χ3n) is 4.59. The van der Waals surface area contributed by atoms with E-state index in [1.165, 1.54) is 18.2 Å². The highest BCUT2D eigenvalue weighted by molar-refractivity contribution is 7.99. The van der Waals surface area contributed by atoms with E-state index in [-0.39, 0.29) is 11.4 Å². The molecule has 1 aromatic heterocycles. The number of para-hydroxylation sites is 1. The van der Waals surface area contributed by atoms with Gasteiger partial charge in [0.15, 0.2) is 11.0 Å². The number of hydrogen-bond acceptors (Lipinski definition) is 4.